The third kappa shape index (κ3) is 3.42. The fourth-order valence-corrected chi connectivity index (χ4v) is 2.75. The van der Waals surface area contributed by atoms with Crippen LogP contribution in [0.25, 0.3) is 0 Å². The van der Waals surface area contributed by atoms with E-state index in [0.29, 0.717) is 17.4 Å². The Morgan fingerprint density at radius 1 is 1.25 bits per heavy atom. The summed E-state index contributed by atoms with van der Waals surface area (Å²) in [6.45, 7) is 3.64. The Kier molecular flexibility index (Phi) is 4.54. The van der Waals surface area contributed by atoms with Crippen LogP contribution in [0.2, 0.25) is 0 Å². The quantitative estimate of drug-likeness (QED) is 0.682. The number of benzene rings is 1. The molecule has 1 aromatic heterocycles. The molecule has 126 valence electrons. The van der Waals surface area contributed by atoms with Crippen LogP contribution < -0.4 is 10.2 Å². The zero-order valence-corrected chi connectivity index (χ0v) is 13.3. The fraction of sp³-hybridized carbons (Fsp3) is 0.375. The number of anilines is 3. The lowest BCUT2D eigenvalue weighted by Crippen LogP contribution is -2.34. The molecule has 24 heavy (non-hydrogen) atoms. The summed E-state index contributed by atoms with van der Waals surface area (Å²) < 4.78 is 13.0. The zero-order chi connectivity index (χ0) is 17.1. The van der Waals surface area contributed by atoms with Crippen molar-refractivity contribution in [2.45, 2.75) is 19.8 Å². The Labute approximate surface area is 138 Å². The Balaban J connectivity index is 1.93. The second-order valence-corrected chi connectivity index (χ2v) is 5.95. The molecule has 0 aliphatic carbocycles. The standard InChI is InChI=1S/C16H18FN5O2/c1-11-6-8-21(9-7-11)16-14(22(23)24)15(18-10-19-16)20-13-4-2-12(17)3-5-13/h2-5,10-11H,6-9H2,1H3,(H,18,19,20). The first kappa shape index (κ1) is 16.1. The molecule has 0 bridgehead atoms. The second-order valence-electron chi connectivity index (χ2n) is 5.95. The molecule has 1 aliphatic heterocycles. The van der Waals surface area contributed by atoms with Gasteiger partial charge in [-0.25, -0.2) is 14.4 Å². The molecule has 0 amide bonds. The summed E-state index contributed by atoms with van der Waals surface area (Å²) in [6, 6.07) is 5.57. The van der Waals surface area contributed by atoms with Crippen LogP contribution in [-0.2, 0) is 0 Å². The van der Waals surface area contributed by atoms with Gasteiger partial charge in [0.15, 0.2) is 0 Å². The van der Waals surface area contributed by atoms with Gasteiger partial charge in [0, 0.05) is 18.8 Å². The maximum absolute atomic E-state index is 13.0. The van der Waals surface area contributed by atoms with Crippen molar-refractivity contribution in [3.63, 3.8) is 0 Å². The molecule has 1 aliphatic rings. The highest BCUT2D eigenvalue weighted by Gasteiger charge is 2.29. The van der Waals surface area contributed by atoms with Crippen LogP contribution in [0, 0.1) is 21.8 Å². The smallest absolute Gasteiger partial charge is 0.351 e. The monoisotopic (exact) mass is 331 g/mol. The minimum atomic E-state index is -0.473. The summed E-state index contributed by atoms with van der Waals surface area (Å²) in [6.07, 6.45) is 3.26. The fourth-order valence-electron chi connectivity index (χ4n) is 2.75. The molecule has 7 nitrogen and oxygen atoms in total. The predicted octanol–water partition coefficient (Wildman–Crippen LogP) is 3.50. The largest absolute Gasteiger partial charge is 0.353 e. The lowest BCUT2D eigenvalue weighted by atomic mass is 9.99. The predicted molar refractivity (Wildman–Crippen MR) is 89.0 cm³/mol. The molecule has 8 heteroatoms. The number of nitrogens with one attached hydrogen (secondary N) is 1. The van der Waals surface area contributed by atoms with Gasteiger partial charge in [-0.05, 0) is 43.0 Å². The summed E-state index contributed by atoms with van der Waals surface area (Å²) in [4.78, 5) is 21.2. The van der Waals surface area contributed by atoms with Gasteiger partial charge >= 0.3 is 5.69 Å². The van der Waals surface area contributed by atoms with E-state index in [9.17, 15) is 14.5 Å². The molecule has 0 atom stereocenters. The van der Waals surface area contributed by atoms with E-state index in [1.54, 1.807) is 0 Å². The van der Waals surface area contributed by atoms with Crippen molar-refractivity contribution in [2.75, 3.05) is 23.3 Å². The average molecular weight is 331 g/mol. The molecular formula is C16H18FN5O2. The second kappa shape index (κ2) is 6.77. The van der Waals surface area contributed by atoms with Gasteiger partial charge < -0.3 is 10.2 Å². The van der Waals surface area contributed by atoms with Crippen molar-refractivity contribution in [3.8, 4) is 0 Å². The van der Waals surface area contributed by atoms with Crippen molar-refractivity contribution in [2.24, 2.45) is 5.92 Å². The van der Waals surface area contributed by atoms with Crippen molar-refractivity contribution >= 4 is 23.0 Å². The van der Waals surface area contributed by atoms with E-state index in [0.717, 1.165) is 25.9 Å². The summed E-state index contributed by atoms with van der Waals surface area (Å²) in [7, 11) is 0. The van der Waals surface area contributed by atoms with E-state index in [2.05, 4.69) is 22.2 Å². The molecule has 1 saturated heterocycles. The molecule has 1 aromatic carbocycles. The summed E-state index contributed by atoms with van der Waals surface area (Å²) >= 11 is 0. The number of piperidine rings is 1. The molecule has 0 saturated carbocycles. The van der Waals surface area contributed by atoms with Crippen LogP contribution >= 0.6 is 0 Å². The van der Waals surface area contributed by atoms with Gasteiger partial charge in [-0.2, -0.15) is 0 Å². The summed E-state index contributed by atoms with van der Waals surface area (Å²) in [5, 5.41) is 14.5. The minimum absolute atomic E-state index is 0.107. The van der Waals surface area contributed by atoms with Crippen LogP contribution in [-0.4, -0.2) is 28.0 Å². The van der Waals surface area contributed by atoms with Crippen molar-refractivity contribution < 1.29 is 9.31 Å². The molecule has 2 aromatic rings. The Hall–Kier alpha value is -2.77. The van der Waals surface area contributed by atoms with Gasteiger partial charge in [-0.15, -0.1) is 0 Å². The van der Waals surface area contributed by atoms with Gasteiger partial charge in [0.2, 0.25) is 11.6 Å². The SMILES string of the molecule is CC1CCN(c2ncnc(Nc3ccc(F)cc3)c2[N+](=O)[O-])CC1. The first-order valence-corrected chi connectivity index (χ1v) is 7.81. The number of nitrogens with zero attached hydrogens (tertiary/aromatic N) is 4. The number of nitro groups is 1. The van der Waals surface area contributed by atoms with Crippen LogP contribution in [0.15, 0.2) is 30.6 Å². The van der Waals surface area contributed by atoms with Gasteiger partial charge in [-0.1, -0.05) is 6.92 Å². The first-order valence-electron chi connectivity index (χ1n) is 7.81. The maximum atomic E-state index is 13.0. The number of halogens is 1. The highest BCUT2D eigenvalue weighted by molar-refractivity contribution is 5.74. The molecule has 1 N–H and O–H groups in total. The molecule has 2 heterocycles. The van der Waals surface area contributed by atoms with E-state index in [-0.39, 0.29) is 17.3 Å². The van der Waals surface area contributed by atoms with E-state index in [4.69, 9.17) is 0 Å². The molecular weight excluding hydrogens is 313 g/mol. The Bertz CT molecular complexity index is 730. The Morgan fingerprint density at radius 3 is 2.54 bits per heavy atom. The molecule has 0 unspecified atom stereocenters. The molecule has 3 rings (SSSR count). The van der Waals surface area contributed by atoms with Crippen molar-refractivity contribution in [1.82, 2.24) is 9.97 Å². The normalized spacial score (nSPS) is 15.3. The highest BCUT2D eigenvalue weighted by atomic mass is 19.1. The van der Waals surface area contributed by atoms with Crippen LogP contribution in [0.1, 0.15) is 19.8 Å². The molecule has 0 spiro atoms. The number of hydrogen-bond acceptors (Lipinski definition) is 6. The number of aromatic nitrogens is 2. The summed E-state index contributed by atoms with van der Waals surface area (Å²) in [5.74, 6) is 0.668. The van der Waals surface area contributed by atoms with Gasteiger partial charge in [-0.3, -0.25) is 10.1 Å². The molecule has 0 radical (unpaired) electrons. The third-order valence-corrected chi connectivity index (χ3v) is 4.18. The molecule has 1 fully saturated rings. The van der Waals surface area contributed by atoms with E-state index >= 15 is 0 Å². The Morgan fingerprint density at radius 2 is 1.92 bits per heavy atom. The average Bonchev–Trinajstić information content (AvgIpc) is 2.57. The first-order chi connectivity index (χ1) is 11.5. The summed E-state index contributed by atoms with van der Waals surface area (Å²) in [5.41, 5.74) is 0.368. The topological polar surface area (TPSA) is 84.2 Å². The number of rotatable bonds is 4. The maximum Gasteiger partial charge on any atom is 0.353 e. The van der Waals surface area contributed by atoms with Gasteiger partial charge in [0.05, 0.1) is 4.92 Å². The lowest BCUT2D eigenvalue weighted by Gasteiger charge is -2.30. The van der Waals surface area contributed by atoms with Crippen molar-refractivity contribution in [1.29, 1.82) is 0 Å². The third-order valence-electron chi connectivity index (χ3n) is 4.18. The van der Waals surface area contributed by atoms with Crippen LogP contribution in [0.3, 0.4) is 0 Å². The van der Waals surface area contributed by atoms with Crippen LogP contribution in [0.4, 0.5) is 27.4 Å². The highest BCUT2D eigenvalue weighted by Crippen LogP contribution is 2.35. The van der Waals surface area contributed by atoms with Crippen LogP contribution in [0.5, 0.6) is 0 Å². The van der Waals surface area contributed by atoms with E-state index in [1.165, 1.54) is 30.6 Å². The zero-order valence-electron chi connectivity index (χ0n) is 13.3. The van der Waals surface area contributed by atoms with E-state index in [1.807, 2.05) is 4.90 Å². The van der Waals surface area contributed by atoms with Crippen molar-refractivity contribution in [3.05, 3.63) is 46.5 Å². The lowest BCUT2D eigenvalue weighted by molar-refractivity contribution is -0.383. The van der Waals surface area contributed by atoms with E-state index < -0.39 is 4.92 Å². The van der Waals surface area contributed by atoms with Gasteiger partial charge in [0.1, 0.15) is 12.1 Å². The van der Waals surface area contributed by atoms with Gasteiger partial charge in [0.25, 0.3) is 0 Å². The number of hydrogen-bond donors (Lipinski definition) is 1. The minimum Gasteiger partial charge on any atom is -0.351 e.